The second-order valence-electron chi connectivity index (χ2n) is 8.63. The molecule has 5 heterocycles. The molecule has 0 bridgehead atoms. The quantitative estimate of drug-likeness (QED) is 0.360. The molecule has 10 heteroatoms. The Morgan fingerprint density at radius 3 is 2.86 bits per heavy atom. The third-order valence-electron chi connectivity index (χ3n) is 6.30. The number of carboxylic acid groups (broad SMARTS) is 1. The average molecular weight is 499 g/mol. The van der Waals surface area contributed by atoms with Gasteiger partial charge in [-0.3, -0.25) is 19.5 Å². The van der Waals surface area contributed by atoms with Crippen LogP contribution in [0.2, 0.25) is 0 Å². The maximum absolute atomic E-state index is 13.2. The Balaban J connectivity index is 0.000000892. The van der Waals surface area contributed by atoms with Crippen LogP contribution < -0.4 is 5.32 Å². The maximum atomic E-state index is 13.2. The summed E-state index contributed by atoms with van der Waals surface area (Å²) >= 11 is 0. The summed E-state index contributed by atoms with van der Waals surface area (Å²) in [6.45, 7) is 4.27. The lowest BCUT2D eigenvalue weighted by molar-refractivity contribution is -0.122. The molecule has 37 heavy (non-hydrogen) atoms. The number of aliphatic imine (C=N–C) groups is 1. The van der Waals surface area contributed by atoms with Gasteiger partial charge in [0, 0.05) is 49.2 Å². The number of hydrogen-bond acceptors (Lipinski definition) is 7. The molecule has 2 aliphatic heterocycles. The molecule has 0 atom stereocenters. The van der Waals surface area contributed by atoms with E-state index in [1.54, 1.807) is 12.3 Å². The van der Waals surface area contributed by atoms with Crippen molar-refractivity contribution < 1.29 is 19.4 Å². The highest BCUT2D eigenvalue weighted by molar-refractivity contribution is 6.07. The molecular weight excluding hydrogens is 472 g/mol. The zero-order valence-electron chi connectivity index (χ0n) is 20.1. The van der Waals surface area contributed by atoms with Crippen LogP contribution in [-0.4, -0.2) is 69.9 Å². The van der Waals surface area contributed by atoms with Crippen LogP contribution >= 0.6 is 0 Å². The van der Waals surface area contributed by atoms with Crippen LogP contribution in [0.4, 0.5) is 5.69 Å². The van der Waals surface area contributed by atoms with Crippen molar-refractivity contribution in [1.82, 2.24) is 19.9 Å². The summed E-state index contributed by atoms with van der Waals surface area (Å²) in [6.07, 6.45) is 5.51. The predicted molar refractivity (Wildman–Crippen MR) is 140 cm³/mol. The van der Waals surface area contributed by atoms with E-state index in [4.69, 9.17) is 14.6 Å². The van der Waals surface area contributed by atoms with Crippen LogP contribution in [0.1, 0.15) is 27.3 Å². The van der Waals surface area contributed by atoms with Gasteiger partial charge in [0.1, 0.15) is 11.3 Å². The van der Waals surface area contributed by atoms with Crippen molar-refractivity contribution in [2.75, 3.05) is 31.6 Å². The van der Waals surface area contributed by atoms with Gasteiger partial charge in [0.05, 0.1) is 31.1 Å². The lowest BCUT2D eigenvalue weighted by atomic mass is 9.97. The molecule has 1 saturated heterocycles. The number of carbonyl (C=O) groups is 2. The summed E-state index contributed by atoms with van der Waals surface area (Å²) in [5.41, 5.74) is 6.95. The van der Waals surface area contributed by atoms with Crippen LogP contribution in [0.15, 0.2) is 59.9 Å². The van der Waals surface area contributed by atoms with Crippen molar-refractivity contribution in [2.45, 2.75) is 13.1 Å². The number of pyridine rings is 2. The number of amides is 1. The van der Waals surface area contributed by atoms with Crippen molar-refractivity contribution in [3.63, 3.8) is 0 Å². The van der Waals surface area contributed by atoms with Crippen molar-refractivity contribution >= 4 is 35.3 Å². The molecule has 1 aromatic carbocycles. The number of aromatic amines is 1. The van der Waals surface area contributed by atoms with Gasteiger partial charge in [0.2, 0.25) is 0 Å². The first kappa shape index (κ1) is 24.3. The molecule has 10 nitrogen and oxygen atoms in total. The second-order valence-corrected chi connectivity index (χ2v) is 8.63. The van der Waals surface area contributed by atoms with Gasteiger partial charge in [0.25, 0.3) is 12.4 Å². The predicted octanol–water partition coefficient (Wildman–Crippen LogP) is 3.34. The minimum absolute atomic E-state index is 0.231. The number of nitrogens with one attached hydrogen (secondary N) is 2. The van der Waals surface area contributed by atoms with Gasteiger partial charge in [-0.05, 0) is 53.1 Å². The Labute approximate surface area is 213 Å². The largest absolute Gasteiger partial charge is 0.483 e. The van der Waals surface area contributed by atoms with Crippen molar-refractivity contribution in [1.29, 1.82) is 0 Å². The van der Waals surface area contributed by atoms with E-state index in [1.807, 2.05) is 42.7 Å². The number of ether oxygens (including phenoxy) is 1. The SMILES string of the molecule is O=C(Nc1cc(-c2ccnc3[nH]ccc23)cc2c1C=NC2)c1cccc(CN2CCOCC2)n1.O=CO. The Hall–Kier alpha value is -4.41. The highest BCUT2D eigenvalue weighted by atomic mass is 16.5. The second kappa shape index (κ2) is 11.1. The first-order valence-electron chi connectivity index (χ1n) is 11.9. The highest BCUT2D eigenvalue weighted by Gasteiger charge is 2.19. The Bertz CT molecular complexity index is 1460. The molecule has 0 aliphatic carbocycles. The molecule has 3 N–H and O–H groups in total. The standard InChI is InChI=1S/C26H24N6O2.CH2O2/c33-26(23-3-1-2-19(30-23)16-32-8-10-34-11-9-32)31-24-13-17(12-18-14-27-15-22(18)24)20-4-6-28-25-21(20)5-7-29-25;2-1-3/h1-7,12-13,15H,8-11,14,16H2,(H,28,29)(H,31,33);1H,(H,2,3). The molecule has 0 saturated carbocycles. The number of carbonyl (C=O) groups excluding carboxylic acids is 1. The maximum Gasteiger partial charge on any atom is 0.290 e. The number of H-pyrrole nitrogens is 1. The number of rotatable bonds is 5. The van der Waals surface area contributed by atoms with E-state index in [0.29, 0.717) is 18.8 Å². The lowest BCUT2D eigenvalue weighted by Crippen LogP contribution is -2.36. The van der Waals surface area contributed by atoms with Gasteiger partial charge >= 0.3 is 0 Å². The summed E-state index contributed by atoms with van der Waals surface area (Å²) in [5, 5.41) is 11.0. The first-order chi connectivity index (χ1) is 18.2. The molecule has 0 spiro atoms. The van der Waals surface area contributed by atoms with E-state index in [2.05, 4.69) is 36.2 Å². The summed E-state index contributed by atoms with van der Waals surface area (Å²) in [4.78, 5) is 40.5. The minimum atomic E-state index is -0.250. The molecule has 0 radical (unpaired) electrons. The summed E-state index contributed by atoms with van der Waals surface area (Å²) < 4.78 is 5.42. The van der Waals surface area contributed by atoms with Gasteiger partial charge in [-0.1, -0.05) is 6.07 Å². The van der Waals surface area contributed by atoms with Crippen LogP contribution in [0.25, 0.3) is 22.2 Å². The van der Waals surface area contributed by atoms with Crippen molar-refractivity contribution in [3.05, 3.63) is 77.4 Å². The molecule has 4 aromatic rings. The first-order valence-corrected chi connectivity index (χ1v) is 11.9. The van der Waals surface area contributed by atoms with Gasteiger partial charge in [-0.15, -0.1) is 0 Å². The monoisotopic (exact) mass is 498 g/mol. The molecular formula is C27H26N6O4. The minimum Gasteiger partial charge on any atom is -0.483 e. The van der Waals surface area contributed by atoms with E-state index >= 15 is 0 Å². The molecule has 6 rings (SSSR count). The van der Waals surface area contributed by atoms with E-state index in [1.165, 1.54) is 0 Å². The number of anilines is 1. The van der Waals surface area contributed by atoms with E-state index in [0.717, 1.165) is 71.0 Å². The van der Waals surface area contributed by atoms with E-state index < -0.39 is 0 Å². The number of hydrogen-bond donors (Lipinski definition) is 3. The number of benzene rings is 1. The Morgan fingerprint density at radius 1 is 1.19 bits per heavy atom. The highest BCUT2D eigenvalue weighted by Crippen LogP contribution is 2.34. The zero-order valence-corrected chi connectivity index (χ0v) is 20.1. The summed E-state index contributed by atoms with van der Waals surface area (Å²) in [5.74, 6) is -0.231. The Morgan fingerprint density at radius 2 is 2.03 bits per heavy atom. The van der Waals surface area contributed by atoms with Gasteiger partial charge < -0.3 is 20.1 Å². The zero-order chi connectivity index (χ0) is 25.6. The fourth-order valence-electron chi connectivity index (χ4n) is 4.57. The average Bonchev–Trinajstić information content (AvgIpc) is 3.59. The van der Waals surface area contributed by atoms with Crippen molar-refractivity contribution in [2.24, 2.45) is 4.99 Å². The normalized spacial score (nSPS) is 14.6. The molecule has 0 unspecified atom stereocenters. The summed E-state index contributed by atoms with van der Waals surface area (Å²) in [7, 11) is 0. The molecule has 1 fully saturated rings. The van der Waals surface area contributed by atoms with Crippen LogP contribution in [0, 0.1) is 0 Å². The van der Waals surface area contributed by atoms with Crippen LogP contribution in [-0.2, 0) is 22.6 Å². The molecule has 2 aliphatic rings. The van der Waals surface area contributed by atoms with Gasteiger partial charge in [0.15, 0.2) is 0 Å². The van der Waals surface area contributed by atoms with Gasteiger partial charge in [-0.2, -0.15) is 0 Å². The fraction of sp³-hybridized carbons (Fsp3) is 0.222. The third-order valence-corrected chi connectivity index (χ3v) is 6.30. The third kappa shape index (κ3) is 5.40. The topological polar surface area (TPSA) is 133 Å². The smallest absolute Gasteiger partial charge is 0.290 e. The molecule has 1 amide bonds. The van der Waals surface area contributed by atoms with Crippen molar-refractivity contribution in [3.8, 4) is 11.1 Å². The van der Waals surface area contributed by atoms with Crippen LogP contribution in [0.5, 0.6) is 0 Å². The number of fused-ring (bicyclic) bond motifs is 2. The molecule has 188 valence electrons. The van der Waals surface area contributed by atoms with E-state index in [9.17, 15) is 4.79 Å². The molecule has 3 aromatic heterocycles. The van der Waals surface area contributed by atoms with E-state index in [-0.39, 0.29) is 12.4 Å². The lowest BCUT2D eigenvalue weighted by Gasteiger charge is -2.26. The number of morpholine rings is 1. The number of aromatic nitrogens is 3. The summed E-state index contributed by atoms with van der Waals surface area (Å²) in [6, 6.07) is 13.8. The van der Waals surface area contributed by atoms with Gasteiger partial charge in [-0.25, -0.2) is 9.97 Å². The fourth-order valence-corrected chi connectivity index (χ4v) is 4.57. The number of nitrogens with zero attached hydrogens (tertiary/aromatic N) is 4. The Kier molecular flexibility index (Phi) is 7.29. The van der Waals surface area contributed by atoms with Crippen LogP contribution in [0.3, 0.4) is 0 Å².